The SMILES string of the molecule is Cc1nccn1-c1cccc([C@H]2CCCN2C(=O)Cc2c[nH]c3ccccc23)n1. The number of amides is 1. The molecule has 5 rings (SSSR count). The second-order valence-electron chi connectivity index (χ2n) is 7.55. The number of fused-ring (bicyclic) bond motifs is 1. The van der Waals surface area contributed by atoms with Crippen molar-refractivity contribution in [3.05, 3.63) is 78.1 Å². The Labute approximate surface area is 169 Å². The summed E-state index contributed by atoms with van der Waals surface area (Å²) in [6.07, 6.45) is 7.99. The molecule has 0 spiro atoms. The van der Waals surface area contributed by atoms with E-state index in [4.69, 9.17) is 4.98 Å². The van der Waals surface area contributed by atoms with Gasteiger partial charge in [0.15, 0.2) is 0 Å². The third-order valence-corrected chi connectivity index (χ3v) is 5.76. The van der Waals surface area contributed by atoms with E-state index in [2.05, 4.69) is 16.0 Å². The van der Waals surface area contributed by atoms with E-state index < -0.39 is 0 Å². The molecular formula is C23H23N5O. The summed E-state index contributed by atoms with van der Waals surface area (Å²) in [7, 11) is 0. The molecule has 1 aromatic carbocycles. The lowest BCUT2D eigenvalue weighted by Gasteiger charge is -2.25. The largest absolute Gasteiger partial charge is 0.361 e. The Balaban J connectivity index is 1.40. The van der Waals surface area contributed by atoms with E-state index in [0.29, 0.717) is 6.42 Å². The molecule has 1 fully saturated rings. The maximum atomic E-state index is 13.2. The number of nitrogens with zero attached hydrogens (tertiary/aromatic N) is 4. The van der Waals surface area contributed by atoms with Gasteiger partial charge in [0.05, 0.1) is 18.2 Å². The Morgan fingerprint density at radius 1 is 1.21 bits per heavy atom. The predicted octanol–water partition coefficient (Wildman–Crippen LogP) is 3.96. The first-order valence-corrected chi connectivity index (χ1v) is 10.0. The number of benzene rings is 1. The lowest BCUT2D eigenvalue weighted by molar-refractivity contribution is -0.131. The molecule has 3 aromatic heterocycles. The van der Waals surface area contributed by atoms with E-state index in [1.807, 2.05) is 65.2 Å². The highest BCUT2D eigenvalue weighted by molar-refractivity contribution is 5.89. The summed E-state index contributed by atoms with van der Waals surface area (Å²) < 4.78 is 1.97. The van der Waals surface area contributed by atoms with Gasteiger partial charge in [0.1, 0.15) is 11.6 Å². The van der Waals surface area contributed by atoms with Crippen LogP contribution in [0.3, 0.4) is 0 Å². The smallest absolute Gasteiger partial charge is 0.227 e. The average molecular weight is 385 g/mol. The zero-order chi connectivity index (χ0) is 19.8. The molecule has 1 aliphatic heterocycles. The van der Waals surface area contributed by atoms with Crippen LogP contribution in [0.5, 0.6) is 0 Å². The van der Waals surface area contributed by atoms with Crippen LogP contribution in [0.25, 0.3) is 16.7 Å². The summed E-state index contributed by atoms with van der Waals surface area (Å²) >= 11 is 0. The molecule has 29 heavy (non-hydrogen) atoms. The van der Waals surface area contributed by atoms with E-state index in [-0.39, 0.29) is 11.9 Å². The Kier molecular flexibility index (Phi) is 4.39. The number of aryl methyl sites for hydroxylation is 1. The lowest BCUT2D eigenvalue weighted by Crippen LogP contribution is -2.32. The molecule has 1 saturated heterocycles. The second kappa shape index (κ2) is 7.20. The number of aromatic nitrogens is 4. The first kappa shape index (κ1) is 17.7. The summed E-state index contributed by atoms with van der Waals surface area (Å²) in [5, 5.41) is 1.12. The highest BCUT2D eigenvalue weighted by Gasteiger charge is 2.31. The molecule has 0 bridgehead atoms. The van der Waals surface area contributed by atoms with Crippen LogP contribution >= 0.6 is 0 Å². The summed E-state index contributed by atoms with van der Waals surface area (Å²) in [4.78, 5) is 27.6. The highest BCUT2D eigenvalue weighted by Crippen LogP contribution is 2.32. The van der Waals surface area contributed by atoms with Crippen LogP contribution in [0.1, 0.15) is 36.0 Å². The number of H-pyrrole nitrogens is 1. The van der Waals surface area contributed by atoms with Crippen LogP contribution in [-0.2, 0) is 11.2 Å². The molecular weight excluding hydrogens is 362 g/mol. The molecule has 4 heterocycles. The molecule has 1 amide bonds. The lowest BCUT2D eigenvalue weighted by atomic mass is 10.1. The second-order valence-corrected chi connectivity index (χ2v) is 7.55. The molecule has 6 nitrogen and oxygen atoms in total. The van der Waals surface area contributed by atoms with Gasteiger partial charge >= 0.3 is 0 Å². The van der Waals surface area contributed by atoms with Crippen molar-refractivity contribution in [1.29, 1.82) is 0 Å². The molecule has 0 unspecified atom stereocenters. The maximum Gasteiger partial charge on any atom is 0.227 e. The van der Waals surface area contributed by atoms with Gasteiger partial charge < -0.3 is 9.88 Å². The Hall–Kier alpha value is -3.41. The van der Waals surface area contributed by atoms with Crippen molar-refractivity contribution in [2.45, 2.75) is 32.2 Å². The number of nitrogens with one attached hydrogen (secondary N) is 1. The van der Waals surface area contributed by atoms with E-state index in [9.17, 15) is 4.79 Å². The number of hydrogen-bond acceptors (Lipinski definition) is 3. The third-order valence-electron chi connectivity index (χ3n) is 5.76. The number of rotatable bonds is 4. The van der Waals surface area contributed by atoms with E-state index >= 15 is 0 Å². The van der Waals surface area contributed by atoms with Gasteiger partial charge in [-0.25, -0.2) is 9.97 Å². The highest BCUT2D eigenvalue weighted by atomic mass is 16.2. The maximum absolute atomic E-state index is 13.2. The van der Waals surface area contributed by atoms with Gasteiger partial charge in [-0.05, 0) is 43.5 Å². The quantitative estimate of drug-likeness (QED) is 0.578. The van der Waals surface area contributed by atoms with Crippen molar-refractivity contribution in [2.24, 2.45) is 0 Å². The number of carbonyl (C=O) groups excluding carboxylic acids is 1. The van der Waals surface area contributed by atoms with E-state index in [1.165, 1.54) is 0 Å². The number of hydrogen-bond donors (Lipinski definition) is 1. The van der Waals surface area contributed by atoms with Gasteiger partial charge in [0.2, 0.25) is 5.91 Å². The zero-order valence-electron chi connectivity index (χ0n) is 16.4. The van der Waals surface area contributed by atoms with Gasteiger partial charge in [0, 0.05) is 36.0 Å². The fourth-order valence-electron chi connectivity index (χ4n) is 4.29. The fraction of sp³-hybridized carbons (Fsp3) is 0.261. The van der Waals surface area contributed by atoms with Crippen LogP contribution < -0.4 is 0 Å². The van der Waals surface area contributed by atoms with Crippen LogP contribution in [0.4, 0.5) is 0 Å². The van der Waals surface area contributed by atoms with Crippen LogP contribution in [-0.4, -0.2) is 36.9 Å². The van der Waals surface area contributed by atoms with Crippen molar-refractivity contribution < 1.29 is 4.79 Å². The molecule has 1 aliphatic rings. The molecule has 0 radical (unpaired) electrons. The molecule has 0 aliphatic carbocycles. The molecule has 146 valence electrons. The van der Waals surface area contributed by atoms with Crippen molar-refractivity contribution in [3.63, 3.8) is 0 Å². The van der Waals surface area contributed by atoms with Crippen molar-refractivity contribution >= 4 is 16.8 Å². The average Bonchev–Trinajstić information content (AvgIpc) is 3.48. The summed E-state index contributed by atoms with van der Waals surface area (Å²) in [5.74, 6) is 1.89. The predicted molar refractivity (Wildman–Crippen MR) is 112 cm³/mol. The Morgan fingerprint density at radius 3 is 2.97 bits per heavy atom. The van der Waals surface area contributed by atoms with Gasteiger partial charge in [0.25, 0.3) is 0 Å². The fourth-order valence-corrected chi connectivity index (χ4v) is 4.29. The van der Waals surface area contributed by atoms with Crippen LogP contribution in [0.2, 0.25) is 0 Å². The number of carbonyl (C=O) groups is 1. The molecule has 4 aromatic rings. The first-order chi connectivity index (χ1) is 14.2. The number of imidazole rings is 1. The Morgan fingerprint density at radius 2 is 2.10 bits per heavy atom. The van der Waals surface area contributed by atoms with E-state index in [0.717, 1.165) is 53.2 Å². The molecule has 6 heteroatoms. The van der Waals surface area contributed by atoms with Gasteiger partial charge in [-0.1, -0.05) is 24.3 Å². The zero-order valence-corrected chi connectivity index (χ0v) is 16.4. The van der Waals surface area contributed by atoms with Crippen LogP contribution in [0.15, 0.2) is 61.1 Å². The van der Waals surface area contributed by atoms with Crippen molar-refractivity contribution in [1.82, 2.24) is 24.4 Å². The number of likely N-dealkylation sites (tertiary alicyclic amines) is 1. The topological polar surface area (TPSA) is 66.8 Å². The van der Waals surface area contributed by atoms with Crippen LogP contribution in [0, 0.1) is 6.92 Å². The van der Waals surface area contributed by atoms with Crippen molar-refractivity contribution in [2.75, 3.05) is 6.54 Å². The van der Waals surface area contributed by atoms with E-state index in [1.54, 1.807) is 6.20 Å². The van der Waals surface area contributed by atoms with Crippen molar-refractivity contribution in [3.8, 4) is 5.82 Å². The number of aromatic amines is 1. The van der Waals surface area contributed by atoms with Gasteiger partial charge in [-0.15, -0.1) is 0 Å². The summed E-state index contributed by atoms with van der Waals surface area (Å²) in [5.41, 5.74) is 3.06. The Bertz CT molecular complexity index is 1170. The normalized spacial score (nSPS) is 16.6. The summed E-state index contributed by atoms with van der Waals surface area (Å²) in [6, 6.07) is 14.2. The third kappa shape index (κ3) is 3.20. The molecule has 0 saturated carbocycles. The number of para-hydroxylation sites is 1. The minimum Gasteiger partial charge on any atom is -0.361 e. The van der Waals surface area contributed by atoms with Gasteiger partial charge in [-0.2, -0.15) is 0 Å². The summed E-state index contributed by atoms with van der Waals surface area (Å²) in [6.45, 7) is 2.74. The molecule has 1 atom stereocenters. The first-order valence-electron chi connectivity index (χ1n) is 10.0. The minimum atomic E-state index is 0.0245. The number of pyridine rings is 1. The molecule has 1 N–H and O–H groups in total. The monoisotopic (exact) mass is 385 g/mol. The standard InChI is InChI=1S/C23H23N5O/c1-16-24-11-13-27(16)22-10-4-8-20(26-22)21-9-5-12-28(21)23(29)14-17-15-25-19-7-3-2-6-18(17)19/h2-4,6-8,10-11,13,15,21,25H,5,9,12,14H2,1H3/t21-/m1/s1. The minimum absolute atomic E-state index is 0.0245. The van der Waals surface area contributed by atoms with Gasteiger partial charge in [-0.3, -0.25) is 9.36 Å².